The minimum absolute atomic E-state index is 0.0949. The van der Waals surface area contributed by atoms with Crippen LogP contribution in [0.2, 0.25) is 0 Å². The van der Waals surface area contributed by atoms with Gasteiger partial charge in [-0.1, -0.05) is 44.0 Å². The number of amides is 4. The van der Waals surface area contributed by atoms with Crippen LogP contribution in [0.5, 0.6) is 0 Å². The predicted molar refractivity (Wildman–Crippen MR) is 102 cm³/mol. The Hall–Kier alpha value is -2.25. The number of nitrogens with zero attached hydrogens (tertiary/aromatic N) is 1. The van der Waals surface area contributed by atoms with E-state index in [2.05, 4.69) is 37.2 Å². The summed E-state index contributed by atoms with van der Waals surface area (Å²) in [6, 6.07) is 11.5. The van der Waals surface area contributed by atoms with Crippen LogP contribution in [0.25, 0.3) is 6.08 Å². The van der Waals surface area contributed by atoms with Gasteiger partial charge in [-0.2, -0.15) is 0 Å². The van der Waals surface area contributed by atoms with Gasteiger partial charge < -0.3 is 0 Å². The van der Waals surface area contributed by atoms with E-state index in [4.69, 9.17) is 0 Å². The zero-order valence-electron chi connectivity index (χ0n) is 13.0. The molecule has 25 heavy (non-hydrogen) atoms. The Morgan fingerprint density at radius 3 is 2.32 bits per heavy atom. The Bertz CT molecular complexity index is 920. The summed E-state index contributed by atoms with van der Waals surface area (Å²) in [5.74, 6) is -1.36. The van der Waals surface area contributed by atoms with E-state index in [1.807, 2.05) is 6.92 Å². The average molecular weight is 464 g/mol. The van der Waals surface area contributed by atoms with E-state index in [1.165, 1.54) is 6.08 Å². The highest BCUT2D eigenvalue weighted by atomic mass is 79.9. The molecule has 1 heterocycles. The zero-order valence-corrected chi connectivity index (χ0v) is 16.2. The first-order valence-corrected chi connectivity index (χ1v) is 8.88. The highest BCUT2D eigenvalue weighted by Crippen LogP contribution is 2.26. The molecular weight excluding hydrogens is 452 g/mol. The molecule has 2 aromatic carbocycles. The van der Waals surface area contributed by atoms with Crippen LogP contribution in [0, 0.1) is 6.92 Å². The number of urea groups is 1. The van der Waals surface area contributed by atoms with Gasteiger partial charge in [0.1, 0.15) is 5.57 Å². The third-order valence-electron chi connectivity index (χ3n) is 3.68. The number of halogens is 2. The number of hydrogen-bond acceptors (Lipinski definition) is 3. The summed E-state index contributed by atoms with van der Waals surface area (Å²) < 4.78 is 1.75. The van der Waals surface area contributed by atoms with Crippen LogP contribution in [0.15, 0.2) is 57.0 Å². The minimum Gasteiger partial charge on any atom is -0.273 e. The van der Waals surface area contributed by atoms with Crippen molar-refractivity contribution in [3.05, 3.63) is 68.1 Å². The molecule has 1 fully saturated rings. The summed E-state index contributed by atoms with van der Waals surface area (Å²) in [6.45, 7) is 1.85. The van der Waals surface area contributed by atoms with Gasteiger partial charge in [0.05, 0.1) is 5.69 Å². The molecule has 1 aliphatic heterocycles. The molecule has 126 valence electrons. The maximum Gasteiger partial charge on any atom is 0.335 e. The Kier molecular flexibility index (Phi) is 4.87. The maximum absolute atomic E-state index is 12.8. The second-order valence-corrected chi connectivity index (χ2v) is 7.21. The summed E-state index contributed by atoms with van der Waals surface area (Å²) in [7, 11) is 0. The molecular formula is C18H12Br2N2O3. The van der Waals surface area contributed by atoms with Gasteiger partial charge in [-0.25, -0.2) is 9.69 Å². The van der Waals surface area contributed by atoms with Gasteiger partial charge >= 0.3 is 6.03 Å². The van der Waals surface area contributed by atoms with Crippen LogP contribution in [0.3, 0.4) is 0 Å². The van der Waals surface area contributed by atoms with E-state index >= 15 is 0 Å². The van der Waals surface area contributed by atoms with Crippen molar-refractivity contribution < 1.29 is 14.4 Å². The van der Waals surface area contributed by atoms with E-state index in [0.29, 0.717) is 11.3 Å². The van der Waals surface area contributed by atoms with Crippen molar-refractivity contribution in [2.75, 3.05) is 4.90 Å². The molecule has 0 atom stereocenters. The minimum atomic E-state index is -0.760. The smallest absolute Gasteiger partial charge is 0.273 e. The number of rotatable bonds is 2. The van der Waals surface area contributed by atoms with E-state index < -0.39 is 17.8 Å². The molecule has 0 spiro atoms. The summed E-state index contributed by atoms with van der Waals surface area (Å²) in [5, 5.41) is 2.21. The number of carbonyl (C=O) groups excluding carboxylic acids is 3. The van der Waals surface area contributed by atoms with Crippen LogP contribution >= 0.6 is 31.9 Å². The van der Waals surface area contributed by atoms with Gasteiger partial charge in [0.25, 0.3) is 11.8 Å². The van der Waals surface area contributed by atoms with E-state index in [1.54, 1.807) is 42.5 Å². The number of hydrogen-bond donors (Lipinski definition) is 1. The van der Waals surface area contributed by atoms with Gasteiger partial charge in [0.2, 0.25) is 0 Å². The van der Waals surface area contributed by atoms with Crippen LogP contribution in [0.1, 0.15) is 11.1 Å². The van der Waals surface area contributed by atoms with Crippen molar-refractivity contribution in [2.24, 2.45) is 0 Å². The number of imide groups is 2. The average Bonchev–Trinajstić information content (AvgIpc) is 2.56. The van der Waals surface area contributed by atoms with Crippen molar-refractivity contribution in [2.45, 2.75) is 6.92 Å². The summed E-state index contributed by atoms with van der Waals surface area (Å²) >= 11 is 6.71. The van der Waals surface area contributed by atoms with E-state index in [0.717, 1.165) is 19.4 Å². The van der Waals surface area contributed by atoms with Gasteiger partial charge in [-0.15, -0.1) is 0 Å². The first-order chi connectivity index (χ1) is 11.9. The van der Waals surface area contributed by atoms with Crippen molar-refractivity contribution in [1.82, 2.24) is 5.32 Å². The number of carbonyl (C=O) groups is 3. The lowest BCUT2D eigenvalue weighted by atomic mass is 10.1. The summed E-state index contributed by atoms with van der Waals surface area (Å²) in [5.41, 5.74) is 1.86. The van der Waals surface area contributed by atoms with Crippen LogP contribution in [-0.4, -0.2) is 17.8 Å². The SMILES string of the molecule is Cc1cc(N2C(=O)NC(=O)/C(=C\c3ccc(Br)cc3)C2=O)ccc1Br. The molecule has 2 aromatic rings. The number of aryl methyl sites for hydroxylation is 1. The van der Waals surface area contributed by atoms with Gasteiger partial charge in [-0.05, 0) is 54.5 Å². The van der Waals surface area contributed by atoms with Gasteiger partial charge in [-0.3, -0.25) is 14.9 Å². The maximum atomic E-state index is 12.8. The van der Waals surface area contributed by atoms with Crippen LogP contribution < -0.4 is 10.2 Å². The third-order valence-corrected chi connectivity index (χ3v) is 5.10. The largest absolute Gasteiger partial charge is 0.335 e. The summed E-state index contributed by atoms with van der Waals surface area (Å²) in [4.78, 5) is 38.0. The van der Waals surface area contributed by atoms with Crippen molar-refractivity contribution >= 4 is 61.5 Å². The lowest BCUT2D eigenvalue weighted by molar-refractivity contribution is -0.122. The third kappa shape index (κ3) is 3.57. The van der Waals surface area contributed by atoms with E-state index in [-0.39, 0.29) is 5.57 Å². The van der Waals surface area contributed by atoms with Crippen LogP contribution in [0.4, 0.5) is 10.5 Å². The predicted octanol–water partition coefficient (Wildman–Crippen LogP) is 4.19. The quantitative estimate of drug-likeness (QED) is 0.536. The molecule has 0 bridgehead atoms. The Labute approximate surface area is 161 Å². The molecule has 1 N–H and O–H groups in total. The molecule has 0 aliphatic carbocycles. The lowest BCUT2D eigenvalue weighted by Gasteiger charge is -2.26. The van der Waals surface area contributed by atoms with Gasteiger partial charge in [0, 0.05) is 8.95 Å². The van der Waals surface area contributed by atoms with E-state index in [9.17, 15) is 14.4 Å². The Morgan fingerprint density at radius 1 is 1.00 bits per heavy atom. The molecule has 1 aliphatic rings. The molecule has 1 saturated heterocycles. The van der Waals surface area contributed by atoms with Crippen molar-refractivity contribution in [3.63, 3.8) is 0 Å². The molecule has 0 radical (unpaired) electrons. The fourth-order valence-corrected chi connectivity index (χ4v) is 2.90. The second-order valence-electron chi connectivity index (χ2n) is 5.44. The Balaban J connectivity index is 2.02. The molecule has 0 aromatic heterocycles. The fraction of sp³-hybridized carbons (Fsp3) is 0.0556. The Morgan fingerprint density at radius 2 is 1.68 bits per heavy atom. The monoisotopic (exact) mass is 462 g/mol. The lowest BCUT2D eigenvalue weighted by Crippen LogP contribution is -2.54. The van der Waals surface area contributed by atoms with Gasteiger partial charge in [0.15, 0.2) is 0 Å². The first-order valence-electron chi connectivity index (χ1n) is 7.30. The first kappa shape index (κ1) is 17.6. The zero-order chi connectivity index (χ0) is 18.1. The fourth-order valence-electron chi connectivity index (χ4n) is 2.39. The molecule has 3 rings (SSSR count). The highest BCUT2D eigenvalue weighted by molar-refractivity contribution is 9.10. The molecule has 0 unspecified atom stereocenters. The summed E-state index contributed by atoms with van der Waals surface area (Å²) in [6.07, 6.45) is 1.47. The topological polar surface area (TPSA) is 66.5 Å². The van der Waals surface area contributed by atoms with Crippen molar-refractivity contribution in [1.29, 1.82) is 0 Å². The number of barbiturate groups is 1. The molecule has 7 heteroatoms. The standard InChI is InChI=1S/C18H12Br2N2O3/c1-10-8-13(6-7-15(10)20)22-17(24)14(16(23)21-18(22)25)9-11-2-4-12(19)5-3-11/h2-9H,1H3,(H,21,23,25)/b14-9+. The van der Waals surface area contributed by atoms with Crippen molar-refractivity contribution in [3.8, 4) is 0 Å². The number of nitrogens with one attached hydrogen (secondary N) is 1. The highest BCUT2D eigenvalue weighted by Gasteiger charge is 2.36. The van der Waals surface area contributed by atoms with Crippen LogP contribution in [-0.2, 0) is 9.59 Å². The normalized spacial score (nSPS) is 16.4. The number of benzene rings is 2. The molecule has 0 saturated carbocycles. The number of anilines is 1. The molecule has 5 nitrogen and oxygen atoms in total. The second kappa shape index (κ2) is 6.93. The molecule has 4 amide bonds.